The van der Waals surface area contributed by atoms with Crippen LogP contribution in [0.3, 0.4) is 0 Å². The average Bonchev–Trinajstić information content (AvgIpc) is 3.08. The number of carbonyl (C=O) groups is 1. The molecule has 0 aliphatic rings. The molecule has 7 heteroatoms. The molecule has 2 aromatic heterocycles. The summed E-state index contributed by atoms with van der Waals surface area (Å²) in [6, 6.07) is 12.4. The average molecular weight is 375 g/mol. The molecule has 0 N–H and O–H groups in total. The quantitative estimate of drug-likeness (QED) is 0.686. The van der Waals surface area contributed by atoms with Gasteiger partial charge in [0, 0.05) is 29.9 Å². The van der Waals surface area contributed by atoms with Crippen molar-refractivity contribution in [2.75, 3.05) is 7.05 Å². The number of amides is 1. The Kier molecular flexibility index (Phi) is 5.23. The van der Waals surface area contributed by atoms with Crippen LogP contribution in [0.15, 0.2) is 63.9 Å². The molecule has 0 fully saturated rings. The van der Waals surface area contributed by atoms with Gasteiger partial charge in [0.2, 0.25) is 0 Å². The Labute approximate surface area is 154 Å². The minimum absolute atomic E-state index is 0.0124. The van der Waals surface area contributed by atoms with Crippen LogP contribution in [0.4, 0.5) is 4.39 Å². The van der Waals surface area contributed by atoms with Gasteiger partial charge in [0.15, 0.2) is 5.76 Å². The first-order valence-corrected chi connectivity index (χ1v) is 8.26. The first-order valence-electron chi connectivity index (χ1n) is 7.88. The zero-order valence-corrected chi connectivity index (χ0v) is 14.7. The third kappa shape index (κ3) is 3.86. The molecule has 0 unspecified atom stereocenters. The predicted molar refractivity (Wildman–Crippen MR) is 95.7 cm³/mol. The minimum atomic E-state index is -0.472. The molecule has 2 heterocycles. The standard InChI is InChI=1S/C19H16ClFN2O3/c1-22(12-14-15(20)5-4-6-16(14)21)19(25)17-9-8-13(26-17)11-23-10-3-2-7-18(23)24/h2-10H,11-12H2,1H3. The summed E-state index contributed by atoms with van der Waals surface area (Å²) >= 11 is 6.00. The topological polar surface area (TPSA) is 55.5 Å². The monoisotopic (exact) mass is 374 g/mol. The summed E-state index contributed by atoms with van der Waals surface area (Å²) in [6.07, 6.45) is 1.64. The molecule has 0 radical (unpaired) electrons. The van der Waals surface area contributed by atoms with E-state index in [2.05, 4.69) is 0 Å². The zero-order valence-electron chi connectivity index (χ0n) is 14.0. The van der Waals surface area contributed by atoms with Crippen molar-refractivity contribution >= 4 is 17.5 Å². The number of nitrogens with zero attached hydrogens (tertiary/aromatic N) is 2. The Morgan fingerprint density at radius 2 is 2.00 bits per heavy atom. The Balaban J connectivity index is 1.73. The van der Waals surface area contributed by atoms with Crippen LogP contribution in [-0.2, 0) is 13.1 Å². The maximum atomic E-state index is 13.9. The summed E-state index contributed by atoms with van der Waals surface area (Å²) in [7, 11) is 1.54. The lowest BCUT2D eigenvalue weighted by molar-refractivity contribution is 0.0750. The zero-order chi connectivity index (χ0) is 18.7. The third-order valence-electron chi connectivity index (χ3n) is 3.90. The molecule has 0 spiro atoms. The van der Waals surface area contributed by atoms with Gasteiger partial charge >= 0.3 is 0 Å². The summed E-state index contributed by atoms with van der Waals surface area (Å²) in [5, 5.41) is 0.258. The fourth-order valence-corrected chi connectivity index (χ4v) is 2.74. The van der Waals surface area contributed by atoms with Crippen LogP contribution in [0.2, 0.25) is 5.02 Å². The second-order valence-corrected chi connectivity index (χ2v) is 6.20. The lowest BCUT2D eigenvalue weighted by Crippen LogP contribution is -2.26. The van der Waals surface area contributed by atoms with E-state index in [1.165, 1.54) is 40.8 Å². The fraction of sp³-hybridized carbons (Fsp3) is 0.158. The van der Waals surface area contributed by atoms with Crippen LogP contribution in [0, 0.1) is 5.82 Å². The molecule has 0 atom stereocenters. The Hall–Kier alpha value is -2.86. The van der Waals surface area contributed by atoms with Gasteiger partial charge in [0.05, 0.1) is 13.1 Å². The van der Waals surface area contributed by atoms with Crippen LogP contribution >= 0.6 is 11.6 Å². The van der Waals surface area contributed by atoms with E-state index in [0.717, 1.165) is 0 Å². The van der Waals surface area contributed by atoms with Crippen LogP contribution in [0.25, 0.3) is 0 Å². The maximum Gasteiger partial charge on any atom is 0.289 e. The third-order valence-corrected chi connectivity index (χ3v) is 4.26. The van der Waals surface area contributed by atoms with Crippen LogP contribution in [0.5, 0.6) is 0 Å². The van der Waals surface area contributed by atoms with Gasteiger partial charge in [-0.05, 0) is 30.3 Å². The number of hydrogen-bond acceptors (Lipinski definition) is 3. The molecular formula is C19H16ClFN2O3. The fourth-order valence-electron chi connectivity index (χ4n) is 2.52. The van der Waals surface area contributed by atoms with Crippen LogP contribution in [0.1, 0.15) is 21.9 Å². The Morgan fingerprint density at radius 3 is 2.73 bits per heavy atom. The van der Waals surface area contributed by atoms with Crippen molar-refractivity contribution in [3.8, 4) is 0 Å². The van der Waals surface area contributed by atoms with Gasteiger partial charge in [-0.1, -0.05) is 23.7 Å². The van der Waals surface area contributed by atoms with Crippen LogP contribution < -0.4 is 5.56 Å². The smallest absolute Gasteiger partial charge is 0.289 e. The highest BCUT2D eigenvalue weighted by Gasteiger charge is 2.19. The highest BCUT2D eigenvalue weighted by atomic mass is 35.5. The van der Waals surface area contributed by atoms with E-state index in [4.69, 9.17) is 16.0 Å². The van der Waals surface area contributed by atoms with Gasteiger partial charge in [0.25, 0.3) is 11.5 Å². The van der Waals surface area contributed by atoms with Crippen molar-refractivity contribution in [1.82, 2.24) is 9.47 Å². The number of rotatable bonds is 5. The van der Waals surface area contributed by atoms with Crippen molar-refractivity contribution in [2.45, 2.75) is 13.1 Å². The van der Waals surface area contributed by atoms with Crippen molar-refractivity contribution in [1.29, 1.82) is 0 Å². The van der Waals surface area contributed by atoms with E-state index in [-0.39, 0.29) is 35.0 Å². The molecule has 3 rings (SSSR count). The first-order chi connectivity index (χ1) is 12.5. The number of hydrogen-bond donors (Lipinski definition) is 0. The highest BCUT2D eigenvalue weighted by molar-refractivity contribution is 6.31. The molecule has 5 nitrogen and oxygen atoms in total. The Morgan fingerprint density at radius 1 is 1.19 bits per heavy atom. The predicted octanol–water partition coefficient (Wildman–Crippen LogP) is 3.55. The first kappa shape index (κ1) is 17.9. The largest absolute Gasteiger partial charge is 0.454 e. The summed E-state index contributed by atoms with van der Waals surface area (Å²) < 4.78 is 20.9. The van der Waals surface area contributed by atoms with Crippen molar-refractivity contribution < 1.29 is 13.6 Å². The van der Waals surface area contributed by atoms with Gasteiger partial charge in [-0.15, -0.1) is 0 Å². The number of halogens is 2. The molecule has 0 saturated carbocycles. The maximum absolute atomic E-state index is 13.9. The van der Waals surface area contributed by atoms with E-state index in [9.17, 15) is 14.0 Å². The number of aromatic nitrogens is 1. The molecule has 0 bridgehead atoms. The van der Waals surface area contributed by atoms with Gasteiger partial charge in [-0.2, -0.15) is 0 Å². The second kappa shape index (κ2) is 7.58. The summed E-state index contributed by atoms with van der Waals surface area (Å²) in [4.78, 5) is 25.6. The van der Waals surface area contributed by atoms with E-state index in [1.807, 2.05) is 0 Å². The molecule has 26 heavy (non-hydrogen) atoms. The number of carbonyl (C=O) groups excluding carboxylic acids is 1. The number of benzene rings is 1. The molecular weight excluding hydrogens is 359 g/mol. The number of furan rings is 1. The van der Waals surface area contributed by atoms with Crippen molar-refractivity contribution in [2.24, 2.45) is 0 Å². The molecule has 1 amide bonds. The van der Waals surface area contributed by atoms with E-state index in [1.54, 1.807) is 30.5 Å². The molecule has 0 aliphatic heterocycles. The second-order valence-electron chi connectivity index (χ2n) is 5.79. The molecule has 134 valence electrons. The van der Waals surface area contributed by atoms with Gasteiger partial charge in [-0.3, -0.25) is 9.59 Å². The Bertz CT molecular complexity index is 976. The lowest BCUT2D eigenvalue weighted by atomic mass is 10.2. The normalized spacial score (nSPS) is 10.7. The van der Waals surface area contributed by atoms with Gasteiger partial charge < -0.3 is 13.9 Å². The summed E-state index contributed by atoms with van der Waals surface area (Å²) in [6.45, 7) is 0.230. The van der Waals surface area contributed by atoms with Gasteiger partial charge in [0.1, 0.15) is 11.6 Å². The SMILES string of the molecule is CN(Cc1c(F)cccc1Cl)C(=O)c1ccc(Cn2ccccc2=O)o1. The molecule has 0 aliphatic carbocycles. The molecule has 3 aromatic rings. The lowest BCUT2D eigenvalue weighted by Gasteiger charge is -2.17. The summed E-state index contributed by atoms with van der Waals surface area (Å²) in [5.74, 6) is -0.297. The van der Waals surface area contributed by atoms with Gasteiger partial charge in [-0.25, -0.2) is 4.39 Å². The summed E-state index contributed by atoms with van der Waals surface area (Å²) in [5.41, 5.74) is 0.0794. The molecule has 0 saturated heterocycles. The minimum Gasteiger partial charge on any atom is -0.454 e. The van der Waals surface area contributed by atoms with E-state index >= 15 is 0 Å². The van der Waals surface area contributed by atoms with Crippen LogP contribution in [-0.4, -0.2) is 22.4 Å². The number of pyridine rings is 1. The highest BCUT2D eigenvalue weighted by Crippen LogP contribution is 2.21. The van der Waals surface area contributed by atoms with E-state index in [0.29, 0.717) is 5.76 Å². The van der Waals surface area contributed by atoms with E-state index < -0.39 is 11.7 Å². The van der Waals surface area contributed by atoms with Crippen molar-refractivity contribution in [3.63, 3.8) is 0 Å². The van der Waals surface area contributed by atoms with Crippen molar-refractivity contribution in [3.05, 3.63) is 93.0 Å². The molecule has 1 aromatic carbocycles.